The Balaban J connectivity index is 1.84. The lowest BCUT2D eigenvalue weighted by Crippen LogP contribution is -2.44. The smallest absolute Gasteiger partial charge is 0.154 e. The molecule has 2 heterocycles. The van der Waals surface area contributed by atoms with Crippen molar-refractivity contribution in [2.24, 2.45) is 15.0 Å². The molecule has 1 aromatic carbocycles. The van der Waals surface area contributed by atoms with Crippen LogP contribution in [0.1, 0.15) is 5.56 Å². The Morgan fingerprint density at radius 2 is 1.68 bits per heavy atom. The standard InChI is InChI=1S/C19H26N6/c1-20-17-13-16(23-19(22-3)18(17)21-2)14-5-7-15(8-6-14)25-11-9-24(4)10-12-25/h5-8,13H,9-12H2,1-4H3,(H,22,23)/b20-17-,21-18+. The second-order valence-electron chi connectivity index (χ2n) is 6.26. The van der Waals surface area contributed by atoms with E-state index in [9.17, 15) is 0 Å². The highest BCUT2D eigenvalue weighted by Gasteiger charge is 2.20. The lowest BCUT2D eigenvalue weighted by atomic mass is 10.0. The number of nitrogens with zero attached hydrogens (tertiary/aromatic N) is 5. The van der Waals surface area contributed by atoms with Gasteiger partial charge in [0.1, 0.15) is 5.71 Å². The predicted molar refractivity (Wildman–Crippen MR) is 107 cm³/mol. The zero-order chi connectivity index (χ0) is 17.8. The lowest BCUT2D eigenvalue weighted by molar-refractivity contribution is 0.313. The molecule has 0 bridgehead atoms. The van der Waals surface area contributed by atoms with Crippen LogP contribution in [0.3, 0.4) is 0 Å². The quantitative estimate of drug-likeness (QED) is 0.890. The molecule has 0 radical (unpaired) electrons. The molecule has 1 saturated heterocycles. The molecule has 0 unspecified atom stereocenters. The highest BCUT2D eigenvalue weighted by molar-refractivity contribution is 6.72. The molecule has 1 aromatic rings. The van der Waals surface area contributed by atoms with Crippen LogP contribution < -0.4 is 10.2 Å². The van der Waals surface area contributed by atoms with Gasteiger partial charge in [0.15, 0.2) is 5.84 Å². The average Bonchev–Trinajstić information content (AvgIpc) is 2.67. The van der Waals surface area contributed by atoms with Crippen LogP contribution in [0, 0.1) is 0 Å². The third kappa shape index (κ3) is 3.64. The van der Waals surface area contributed by atoms with Gasteiger partial charge in [-0.3, -0.25) is 9.98 Å². The molecule has 0 amide bonds. The Labute approximate surface area is 149 Å². The minimum atomic E-state index is 0.753. The first-order valence-corrected chi connectivity index (χ1v) is 8.62. The maximum Gasteiger partial charge on any atom is 0.154 e. The summed E-state index contributed by atoms with van der Waals surface area (Å²) >= 11 is 0. The van der Waals surface area contributed by atoms with E-state index in [1.165, 1.54) is 5.69 Å². The van der Waals surface area contributed by atoms with E-state index in [1.807, 2.05) is 13.1 Å². The number of piperazine rings is 1. The number of hydrogen-bond donors (Lipinski definition) is 1. The molecule has 6 heteroatoms. The van der Waals surface area contributed by atoms with Gasteiger partial charge in [0.2, 0.25) is 0 Å². The molecule has 0 atom stereocenters. The van der Waals surface area contributed by atoms with Gasteiger partial charge in [0.05, 0.1) is 11.4 Å². The maximum absolute atomic E-state index is 4.71. The Morgan fingerprint density at radius 3 is 2.24 bits per heavy atom. The van der Waals surface area contributed by atoms with Crippen molar-refractivity contribution in [2.75, 3.05) is 59.3 Å². The van der Waals surface area contributed by atoms with E-state index < -0.39 is 0 Å². The summed E-state index contributed by atoms with van der Waals surface area (Å²) in [7, 11) is 7.57. The molecule has 2 aliphatic rings. The van der Waals surface area contributed by atoms with Gasteiger partial charge in [0, 0.05) is 58.6 Å². The van der Waals surface area contributed by atoms with E-state index in [0.29, 0.717) is 0 Å². The van der Waals surface area contributed by atoms with Gasteiger partial charge in [-0.05, 0) is 25.3 Å². The van der Waals surface area contributed by atoms with E-state index in [2.05, 4.69) is 56.4 Å². The van der Waals surface area contributed by atoms with Crippen molar-refractivity contribution >= 4 is 28.6 Å². The second kappa shape index (κ2) is 7.61. The predicted octanol–water partition coefficient (Wildman–Crippen LogP) is 1.55. The molecule has 0 saturated carbocycles. The van der Waals surface area contributed by atoms with Crippen molar-refractivity contribution < 1.29 is 0 Å². The second-order valence-corrected chi connectivity index (χ2v) is 6.26. The van der Waals surface area contributed by atoms with Crippen molar-refractivity contribution in [2.45, 2.75) is 0 Å². The Hall–Kier alpha value is -2.47. The molecule has 1 N–H and O–H groups in total. The molecule has 1 fully saturated rings. The molecular formula is C19H26N6. The van der Waals surface area contributed by atoms with Gasteiger partial charge in [-0.25, -0.2) is 4.99 Å². The van der Waals surface area contributed by atoms with Crippen LogP contribution >= 0.6 is 0 Å². The normalized spacial score (nSPS) is 22.2. The number of aliphatic imine (C=N–C) groups is 3. The van der Waals surface area contributed by atoms with E-state index in [1.54, 1.807) is 14.1 Å². The summed E-state index contributed by atoms with van der Waals surface area (Å²) in [6.07, 6.45) is 1.99. The molecular weight excluding hydrogens is 312 g/mol. The van der Waals surface area contributed by atoms with Crippen LogP contribution in [0.5, 0.6) is 0 Å². The fourth-order valence-corrected chi connectivity index (χ4v) is 3.15. The first-order chi connectivity index (χ1) is 12.2. The number of amidine groups is 1. The van der Waals surface area contributed by atoms with Gasteiger partial charge in [-0.15, -0.1) is 0 Å². The number of likely N-dealkylation sites (N-methyl/N-ethyl adjacent to an activating group) is 1. The molecule has 132 valence electrons. The zero-order valence-corrected chi connectivity index (χ0v) is 15.5. The topological polar surface area (TPSA) is 55.6 Å². The number of allylic oxidation sites excluding steroid dienone is 1. The van der Waals surface area contributed by atoms with Crippen LogP contribution in [-0.2, 0) is 0 Å². The first kappa shape index (κ1) is 17.4. The van der Waals surface area contributed by atoms with Crippen LogP contribution in [0.15, 0.2) is 45.3 Å². The van der Waals surface area contributed by atoms with E-state index in [0.717, 1.165) is 54.7 Å². The minimum Gasteiger partial charge on any atom is -0.371 e. The van der Waals surface area contributed by atoms with Crippen LogP contribution in [0.25, 0.3) is 5.70 Å². The summed E-state index contributed by atoms with van der Waals surface area (Å²) in [5, 5.41) is 3.12. The minimum absolute atomic E-state index is 0.753. The van der Waals surface area contributed by atoms with Gasteiger partial charge >= 0.3 is 0 Å². The first-order valence-electron chi connectivity index (χ1n) is 8.62. The summed E-state index contributed by atoms with van der Waals surface area (Å²) < 4.78 is 0. The van der Waals surface area contributed by atoms with Crippen molar-refractivity contribution in [3.8, 4) is 0 Å². The summed E-state index contributed by atoms with van der Waals surface area (Å²) in [6, 6.07) is 8.64. The summed E-state index contributed by atoms with van der Waals surface area (Å²) in [4.78, 5) is 18.2. The van der Waals surface area contributed by atoms with Crippen LogP contribution in [0.4, 0.5) is 5.69 Å². The highest BCUT2D eigenvalue weighted by atomic mass is 15.2. The number of benzene rings is 1. The van der Waals surface area contributed by atoms with Crippen molar-refractivity contribution in [1.29, 1.82) is 0 Å². The van der Waals surface area contributed by atoms with Crippen LogP contribution in [0.2, 0.25) is 0 Å². The van der Waals surface area contributed by atoms with Gasteiger partial charge < -0.3 is 15.1 Å². The van der Waals surface area contributed by atoms with Gasteiger partial charge in [-0.2, -0.15) is 0 Å². The SMILES string of the molecule is C/N=C1/C=C(c2ccc(N3CCN(C)CC3)cc2)N=C(NC)/C1=N/C. The van der Waals surface area contributed by atoms with Crippen molar-refractivity contribution in [1.82, 2.24) is 10.2 Å². The van der Waals surface area contributed by atoms with Crippen LogP contribution in [-0.4, -0.2) is 76.5 Å². The molecule has 0 aliphatic carbocycles. The third-order valence-corrected chi connectivity index (χ3v) is 4.71. The van der Waals surface area contributed by atoms with Crippen molar-refractivity contribution in [3.05, 3.63) is 35.9 Å². The fraction of sp³-hybridized carbons (Fsp3) is 0.421. The lowest BCUT2D eigenvalue weighted by Gasteiger charge is -2.34. The Bertz CT molecular complexity index is 734. The third-order valence-electron chi connectivity index (χ3n) is 4.71. The fourth-order valence-electron chi connectivity index (χ4n) is 3.15. The van der Waals surface area contributed by atoms with E-state index in [4.69, 9.17) is 4.99 Å². The summed E-state index contributed by atoms with van der Waals surface area (Å²) in [5.41, 5.74) is 4.90. The van der Waals surface area contributed by atoms with Gasteiger partial charge in [-0.1, -0.05) is 12.1 Å². The number of hydrogen-bond acceptors (Lipinski definition) is 6. The molecule has 0 spiro atoms. The largest absolute Gasteiger partial charge is 0.371 e. The zero-order valence-electron chi connectivity index (χ0n) is 15.5. The summed E-state index contributed by atoms with van der Waals surface area (Å²) in [5.74, 6) is 0.753. The summed E-state index contributed by atoms with van der Waals surface area (Å²) in [6.45, 7) is 4.36. The molecule has 25 heavy (non-hydrogen) atoms. The molecule has 3 rings (SSSR count). The Kier molecular flexibility index (Phi) is 5.28. The highest BCUT2D eigenvalue weighted by Crippen LogP contribution is 2.24. The van der Waals surface area contributed by atoms with E-state index in [-0.39, 0.29) is 0 Å². The van der Waals surface area contributed by atoms with E-state index >= 15 is 0 Å². The molecule has 6 nitrogen and oxygen atoms in total. The monoisotopic (exact) mass is 338 g/mol. The molecule has 0 aromatic heterocycles. The number of anilines is 1. The van der Waals surface area contributed by atoms with Gasteiger partial charge in [0.25, 0.3) is 0 Å². The average molecular weight is 338 g/mol. The number of rotatable bonds is 2. The van der Waals surface area contributed by atoms with Crippen molar-refractivity contribution in [3.63, 3.8) is 0 Å². The molecule has 2 aliphatic heterocycles. The Morgan fingerprint density at radius 1 is 1.00 bits per heavy atom. The maximum atomic E-state index is 4.71. The number of nitrogens with one attached hydrogen (secondary N) is 1.